The SMILES string of the molecule is Cc1ccc(C(=O)NNC(=O)CCCN2C(=O)CN(C)C2=O)cc1. The predicted molar refractivity (Wildman–Crippen MR) is 85.8 cm³/mol. The van der Waals surface area contributed by atoms with Crippen molar-refractivity contribution in [1.82, 2.24) is 20.7 Å². The molecule has 5 amide bonds. The second-order valence-electron chi connectivity index (χ2n) is 5.66. The zero-order valence-corrected chi connectivity index (χ0v) is 13.7. The average molecular weight is 332 g/mol. The van der Waals surface area contributed by atoms with Crippen molar-refractivity contribution in [2.45, 2.75) is 19.8 Å². The molecule has 0 aliphatic carbocycles. The van der Waals surface area contributed by atoms with Gasteiger partial charge >= 0.3 is 6.03 Å². The Balaban J connectivity index is 1.70. The summed E-state index contributed by atoms with van der Waals surface area (Å²) in [6.07, 6.45) is 0.423. The molecule has 1 fully saturated rings. The Morgan fingerprint density at radius 1 is 1.12 bits per heavy atom. The minimum atomic E-state index is -0.408. The molecule has 0 saturated carbocycles. The second-order valence-corrected chi connectivity index (χ2v) is 5.66. The van der Waals surface area contributed by atoms with Gasteiger partial charge in [-0.3, -0.25) is 30.1 Å². The quantitative estimate of drug-likeness (QED) is 0.603. The van der Waals surface area contributed by atoms with Crippen LogP contribution in [0.4, 0.5) is 4.79 Å². The second kappa shape index (κ2) is 7.58. The number of hydrogen-bond donors (Lipinski definition) is 2. The number of likely N-dealkylation sites (N-methyl/N-ethyl adjacent to an activating group) is 1. The van der Waals surface area contributed by atoms with Gasteiger partial charge in [-0.2, -0.15) is 0 Å². The van der Waals surface area contributed by atoms with E-state index in [9.17, 15) is 19.2 Å². The summed E-state index contributed by atoms with van der Waals surface area (Å²) in [5, 5.41) is 0. The number of hydrogen-bond acceptors (Lipinski definition) is 4. The van der Waals surface area contributed by atoms with Gasteiger partial charge in [0.2, 0.25) is 11.8 Å². The summed E-state index contributed by atoms with van der Waals surface area (Å²) in [7, 11) is 1.55. The molecule has 1 saturated heterocycles. The van der Waals surface area contributed by atoms with Gasteiger partial charge in [-0.25, -0.2) is 4.79 Å². The fraction of sp³-hybridized carbons (Fsp3) is 0.375. The molecule has 0 unspecified atom stereocenters. The van der Waals surface area contributed by atoms with Gasteiger partial charge in [-0.15, -0.1) is 0 Å². The predicted octanol–water partition coefficient (Wildman–Crippen LogP) is 0.430. The summed E-state index contributed by atoms with van der Waals surface area (Å²) in [6.45, 7) is 2.16. The number of benzene rings is 1. The van der Waals surface area contributed by atoms with Crippen LogP contribution in [0.2, 0.25) is 0 Å². The number of nitrogens with one attached hydrogen (secondary N) is 2. The van der Waals surface area contributed by atoms with Gasteiger partial charge in [-0.05, 0) is 25.5 Å². The number of rotatable bonds is 5. The summed E-state index contributed by atoms with van der Waals surface area (Å²) < 4.78 is 0. The number of carbonyl (C=O) groups is 4. The number of carbonyl (C=O) groups excluding carboxylic acids is 4. The minimum absolute atomic E-state index is 0.0671. The number of aryl methyl sites for hydroxylation is 1. The van der Waals surface area contributed by atoms with Gasteiger partial charge in [0.25, 0.3) is 5.91 Å². The molecule has 0 aromatic heterocycles. The molecule has 1 aromatic carbocycles. The van der Waals surface area contributed by atoms with Gasteiger partial charge in [0.05, 0.1) is 0 Å². The lowest BCUT2D eigenvalue weighted by Gasteiger charge is -2.13. The van der Waals surface area contributed by atoms with Crippen LogP contribution in [0.3, 0.4) is 0 Å². The Morgan fingerprint density at radius 2 is 1.79 bits per heavy atom. The van der Waals surface area contributed by atoms with E-state index in [-0.39, 0.29) is 37.4 Å². The number of amides is 5. The summed E-state index contributed by atoms with van der Waals surface area (Å²) in [6, 6.07) is 6.58. The van der Waals surface area contributed by atoms with Gasteiger partial charge in [0, 0.05) is 25.6 Å². The number of urea groups is 1. The first kappa shape index (κ1) is 17.5. The highest BCUT2D eigenvalue weighted by Crippen LogP contribution is 2.09. The normalized spacial score (nSPS) is 14.1. The third-order valence-electron chi connectivity index (χ3n) is 3.65. The van der Waals surface area contributed by atoms with Crippen LogP contribution >= 0.6 is 0 Å². The molecule has 1 aliphatic rings. The van der Waals surface area contributed by atoms with E-state index in [2.05, 4.69) is 10.9 Å². The molecule has 2 N–H and O–H groups in total. The average Bonchev–Trinajstić information content (AvgIpc) is 2.79. The fourth-order valence-corrected chi connectivity index (χ4v) is 2.25. The Bertz CT molecular complexity index is 657. The van der Waals surface area contributed by atoms with Crippen LogP contribution in [0.15, 0.2) is 24.3 Å². The van der Waals surface area contributed by atoms with Gasteiger partial charge in [0.15, 0.2) is 0 Å². The van der Waals surface area contributed by atoms with E-state index in [4.69, 9.17) is 0 Å². The Labute approximate surface area is 139 Å². The van der Waals surface area contributed by atoms with E-state index < -0.39 is 5.91 Å². The highest BCUT2D eigenvalue weighted by molar-refractivity contribution is 6.01. The van der Waals surface area contributed by atoms with E-state index in [1.165, 1.54) is 4.90 Å². The zero-order chi connectivity index (χ0) is 17.7. The molecule has 1 aromatic rings. The first-order valence-corrected chi connectivity index (χ1v) is 7.60. The van der Waals surface area contributed by atoms with E-state index in [0.29, 0.717) is 12.0 Å². The Hall–Kier alpha value is -2.90. The summed E-state index contributed by atoms with van der Waals surface area (Å²) in [4.78, 5) is 49.2. The Kier molecular flexibility index (Phi) is 5.51. The monoisotopic (exact) mass is 332 g/mol. The van der Waals surface area contributed by atoms with Crippen molar-refractivity contribution in [2.75, 3.05) is 20.1 Å². The number of nitrogens with zero attached hydrogens (tertiary/aromatic N) is 2. The maximum Gasteiger partial charge on any atom is 0.326 e. The Morgan fingerprint density at radius 3 is 2.38 bits per heavy atom. The lowest BCUT2D eigenvalue weighted by atomic mass is 10.1. The molecule has 0 atom stereocenters. The van der Waals surface area contributed by atoms with Crippen molar-refractivity contribution in [3.63, 3.8) is 0 Å². The molecule has 0 spiro atoms. The largest absolute Gasteiger partial charge is 0.326 e. The van der Waals surface area contributed by atoms with Crippen molar-refractivity contribution in [3.05, 3.63) is 35.4 Å². The van der Waals surface area contributed by atoms with E-state index in [1.54, 1.807) is 31.3 Å². The molecule has 8 nitrogen and oxygen atoms in total. The van der Waals surface area contributed by atoms with Crippen LogP contribution in [0.5, 0.6) is 0 Å². The van der Waals surface area contributed by atoms with Crippen LogP contribution in [-0.2, 0) is 9.59 Å². The zero-order valence-electron chi connectivity index (χ0n) is 13.7. The summed E-state index contributed by atoms with van der Waals surface area (Å²) in [5.41, 5.74) is 6.12. The molecular weight excluding hydrogens is 312 g/mol. The molecule has 24 heavy (non-hydrogen) atoms. The number of imide groups is 1. The van der Waals surface area contributed by atoms with Gasteiger partial charge in [-0.1, -0.05) is 17.7 Å². The first-order valence-electron chi connectivity index (χ1n) is 7.60. The third kappa shape index (κ3) is 4.31. The van der Waals surface area contributed by atoms with E-state index >= 15 is 0 Å². The van der Waals surface area contributed by atoms with E-state index in [0.717, 1.165) is 10.5 Å². The van der Waals surface area contributed by atoms with Crippen LogP contribution in [0, 0.1) is 6.92 Å². The van der Waals surface area contributed by atoms with Crippen molar-refractivity contribution in [3.8, 4) is 0 Å². The highest BCUT2D eigenvalue weighted by Gasteiger charge is 2.32. The standard InChI is InChI=1S/C16H20N4O4/c1-11-5-7-12(8-6-11)15(23)18-17-13(21)4-3-9-20-14(22)10-19(2)16(20)24/h5-8H,3-4,9-10H2,1-2H3,(H,17,21)(H,18,23). The molecule has 8 heteroatoms. The smallest absolute Gasteiger partial charge is 0.318 e. The molecule has 1 heterocycles. The number of hydrazine groups is 1. The maximum absolute atomic E-state index is 11.8. The maximum atomic E-state index is 11.8. The summed E-state index contributed by atoms with van der Waals surface area (Å²) in [5.74, 6) is -1.06. The summed E-state index contributed by atoms with van der Waals surface area (Å²) >= 11 is 0. The van der Waals surface area contributed by atoms with Crippen LogP contribution in [0.25, 0.3) is 0 Å². The highest BCUT2D eigenvalue weighted by atomic mass is 16.2. The molecule has 2 rings (SSSR count). The van der Waals surface area contributed by atoms with Crippen molar-refractivity contribution >= 4 is 23.8 Å². The van der Waals surface area contributed by atoms with Crippen molar-refractivity contribution < 1.29 is 19.2 Å². The molecule has 0 radical (unpaired) electrons. The molecule has 0 bridgehead atoms. The van der Waals surface area contributed by atoms with Crippen LogP contribution < -0.4 is 10.9 Å². The fourth-order valence-electron chi connectivity index (χ4n) is 2.25. The lowest BCUT2D eigenvalue weighted by Crippen LogP contribution is -2.42. The van der Waals surface area contributed by atoms with E-state index in [1.807, 2.05) is 6.92 Å². The molecular formula is C16H20N4O4. The molecule has 1 aliphatic heterocycles. The van der Waals surface area contributed by atoms with Crippen molar-refractivity contribution in [1.29, 1.82) is 0 Å². The van der Waals surface area contributed by atoms with Crippen LogP contribution in [0.1, 0.15) is 28.8 Å². The van der Waals surface area contributed by atoms with Gasteiger partial charge < -0.3 is 4.90 Å². The third-order valence-corrected chi connectivity index (χ3v) is 3.65. The first-order chi connectivity index (χ1) is 11.4. The van der Waals surface area contributed by atoms with Gasteiger partial charge in [0.1, 0.15) is 6.54 Å². The minimum Gasteiger partial charge on any atom is -0.318 e. The molecule has 128 valence electrons. The van der Waals surface area contributed by atoms with Crippen LogP contribution in [-0.4, -0.2) is 53.7 Å². The topological polar surface area (TPSA) is 98.8 Å². The lowest BCUT2D eigenvalue weighted by molar-refractivity contribution is -0.126. The van der Waals surface area contributed by atoms with Crippen molar-refractivity contribution in [2.24, 2.45) is 0 Å².